The number of carbonyl (C=O) groups excluding carboxylic acids is 1. The van der Waals surface area contributed by atoms with E-state index in [0.29, 0.717) is 30.8 Å². The van der Waals surface area contributed by atoms with Crippen molar-refractivity contribution >= 4 is 17.6 Å². The molecule has 0 fully saturated rings. The van der Waals surface area contributed by atoms with E-state index >= 15 is 0 Å². The molecule has 0 radical (unpaired) electrons. The van der Waals surface area contributed by atoms with Gasteiger partial charge < -0.3 is 10.1 Å². The number of hydrogen-bond acceptors (Lipinski definition) is 4. The van der Waals surface area contributed by atoms with Gasteiger partial charge >= 0.3 is 5.97 Å². The lowest BCUT2D eigenvalue weighted by Gasteiger charge is -2.05. The van der Waals surface area contributed by atoms with Gasteiger partial charge in [-0.3, -0.25) is 0 Å². The topological polar surface area (TPSA) is 51.2 Å². The van der Waals surface area contributed by atoms with Gasteiger partial charge in [0.25, 0.3) is 0 Å². The van der Waals surface area contributed by atoms with Crippen molar-refractivity contribution < 1.29 is 13.9 Å². The molecule has 0 aromatic carbocycles. The van der Waals surface area contributed by atoms with E-state index in [2.05, 4.69) is 10.3 Å². The van der Waals surface area contributed by atoms with E-state index in [-0.39, 0.29) is 11.1 Å². The normalized spacial score (nSPS) is 14.5. The number of nitrogens with zero attached hydrogens (tertiary/aromatic N) is 1. The van der Waals surface area contributed by atoms with Crippen molar-refractivity contribution in [2.24, 2.45) is 0 Å². The minimum absolute atomic E-state index is 0.135. The number of carbonyl (C=O) groups is 1. The zero-order chi connectivity index (χ0) is 12.3. The van der Waals surface area contributed by atoms with Gasteiger partial charge in [0.05, 0.1) is 0 Å². The first-order valence-corrected chi connectivity index (χ1v) is 5.45. The lowest BCUT2D eigenvalue weighted by atomic mass is 10.2. The Hall–Kier alpha value is -1.62. The number of ether oxygens (including phenoxy) is 1. The maximum Gasteiger partial charge on any atom is 0.354 e. The highest BCUT2D eigenvalue weighted by molar-refractivity contribution is 6.29. The largest absolute Gasteiger partial charge is 0.457 e. The molecule has 2 rings (SSSR count). The number of cyclic esters (lactones) is 1. The van der Waals surface area contributed by atoms with Gasteiger partial charge in [0, 0.05) is 12.7 Å². The lowest BCUT2D eigenvalue weighted by molar-refractivity contribution is -0.136. The van der Waals surface area contributed by atoms with Gasteiger partial charge in [0.2, 0.25) is 0 Å². The molecule has 17 heavy (non-hydrogen) atoms. The minimum atomic E-state index is -0.538. The molecule has 2 heterocycles. The summed E-state index contributed by atoms with van der Waals surface area (Å²) in [5.41, 5.74) is 1.17. The molecule has 0 unspecified atom stereocenters. The van der Waals surface area contributed by atoms with Gasteiger partial charge in [-0.1, -0.05) is 11.6 Å². The molecule has 1 aliphatic rings. The molecule has 0 aliphatic carbocycles. The van der Waals surface area contributed by atoms with Crippen molar-refractivity contribution in [3.05, 3.63) is 40.6 Å². The molecule has 0 bridgehead atoms. The molecule has 1 N–H and O–H groups in total. The summed E-state index contributed by atoms with van der Waals surface area (Å²) in [4.78, 5) is 14.8. The van der Waals surface area contributed by atoms with Crippen molar-refractivity contribution in [3.8, 4) is 0 Å². The van der Waals surface area contributed by atoms with Crippen LogP contribution in [0.4, 0.5) is 4.39 Å². The lowest BCUT2D eigenvalue weighted by Crippen LogP contribution is -2.21. The Morgan fingerprint density at radius 3 is 3.06 bits per heavy atom. The van der Waals surface area contributed by atoms with Crippen LogP contribution in [0, 0.1) is 5.82 Å². The summed E-state index contributed by atoms with van der Waals surface area (Å²) in [6.45, 7) is 0.808. The van der Waals surface area contributed by atoms with E-state index in [1.165, 1.54) is 12.3 Å². The average molecular weight is 257 g/mol. The summed E-state index contributed by atoms with van der Waals surface area (Å²) < 4.78 is 17.8. The second-order valence-corrected chi connectivity index (χ2v) is 3.87. The Kier molecular flexibility index (Phi) is 3.58. The smallest absolute Gasteiger partial charge is 0.354 e. The van der Waals surface area contributed by atoms with Crippen LogP contribution in [0.3, 0.4) is 0 Å². The molecule has 1 aromatic heterocycles. The highest BCUT2D eigenvalue weighted by Crippen LogP contribution is 2.12. The second-order valence-electron chi connectivity index (χ2n) is 3.51. The predicted molar refractivity (Wildman–Crippen MR) is 60.0 cm³/mol. The average Bonchev–Trinajstić information content (AvgIpc) is 2.70. The Bertz CT molecular complexity index is 477. The maximum atomic E-state index is 13.1. The highest BCUT2D eigenvalue weighted by atomic mass is 35.5. The minimum Gasteiger partial charge on any atom is -0.457 e. The van der Waals surface area contributed by atoms with Gasteiger partial charge in [0.1, 0.15) is 12.3 Å². The van der Waals surface area contributed by atoms with E-state index in [1.54, 1.807) is 6.08 Å². The highest BCUT2D eigenvalue weighted by Gasteiger charge is 2.15. The second kappa shape index (κ2) is 5.14. The predicted octanol–water partition coefficient (Wildman–Crippen LogP) is 1.45. The van der Waals surface area contributed by atoms with Gasteiger partial charge in [-0.15, -0.1) is 0 Å². The van der Waals surface area contributed by atoms with E-state index in [9.17, 15) is 9.18 Å². The number of halogens is 2. The van der Waals surface area contributed by atoms with E-state index in [0.717, 1.165) is 0 Å². The van der Waals surface area contributed by atoms with E-state index in [4.69, 9.17) is 16.3 Å². The number of pyridine rings is 1. The van der Waals surface area contributed by atoms with Crippen LogP contribution in [0.25, 0.3) is 0 Å². The molecule has 6 heteroatoms. The zero-order valence-corrected chi connectivity index (χ0v) is 9.63. The quantitative estimate of drug-likeness (QED) is 0.654. The summed E-state index contributed by atoms with van der Waals surface area (Å²) in [5, 5.41) is 2.78. The van der Waals surface area contributed by atoms with Crippen LogP contribution in [-0.2, 0) is 16.0 Å². The van der Waals surface area contributed by atoms with Crippen LogP contribution >= 0.6 is 11.6 Å². The van der Waals surface area contributed by atoms with Crippen LogP contribution in [0.5, 0.6) is 0 Å². The molecule has 0 spiro atoms. The van der Waals surface area contributed by atoms with Crippen molar-refractivity contribution in [2.45, 2.75) is 6.42 Å². The van der Waals surface area contributed by atoms with E-state index < -0.39 is 5.82 Å². The van der Waals surface area contributed by atoms with Gasteiger partial charge in [0.15, 0.2) is 11.0 Å². The van der Waals surface area contributed by atoms with Gasteiger partial charge in [-0.25, -0.2) is 14.2 Å². The molecule has 0 atom stereocenters. The van der Waals surface area contributed by atoms with Crippen LogP contribution in [-0.4, -0.2) is 24.1 Å². The molecule has 90 valence electrons. The Morgan fingerprint density at radius 2 is 2.41 bits per heavy atom. The third-order valence-corrected chi connectivity index (χ3v) is 2.58. The zero-order valence-electron chi connectivity index (χ0n) is 8.87. The third kappa shape index (κ3) is 2.94. The standard InChI is InChI=1S/C11H10ClFN2O2/c12-10-8(13)5-7(6-15-10)1-3-14-9-2-4-17-11(9)16/h2,5-6,14H,1,3-4H2. The van der Waals surface area contributed by atoms with Gasteiger partial charge in [-0.05, 0) is 24.1 Å². The first-order chi connectivity index (χ1) is 8.16. The van der Waals surface area contributed by atoms with E-state index in [1.807, 2.05) is 0 Å². The van der Waals surface area contributed by atoms with Crippen LogP contribution < -0.4 is 5.32 Å². The third-order valence-electron chi connectivity index (χ3n) is 2.30. The Morgan fingerprint density at radius 1 is 1.59 bits per heavy atom. The monoisotopic (exact) mass is 256 g/mol. The first kappa shape index (κ1) is 11.9. The number of esters is 1. The molecular formula is C11H10ClFN2O2. The summed E-state index contributed by atoms with van der Waals surface area (Å²) in [7, 11) is 0. The Labute approximate surface area is 102 Å². The molecular weight excluding hydrogens is 247 g/mol. The molecule has 0 saturated heterocycles. The molecule has 0 amide bonds. The number of aromatic nitrogens is 1. The number of rotatable bonds is 4. The SMILES string of the molecule is O=C1OCC=C1NCCc1cnc(Cl)c(F)c1. The fourth-order valence-electron chi connectivity index (χ4n) is 1.45. The Balaban J connectivity index is 1.86. The van der Waals surface area contributed by atoms with Gasteiger partial charge in [-0.2, -0.15) is 0 Å². The number of hydrogen-bond donors (Lipinski definition) is 1. The van der Waals surface area contributed by atoms with Crippen LogP contribution in [0.2, 0.25) is 5.15 Å². The fourth-order valence-corrected chi connectivity index (χ4v) is 1.55. The molecule has 4 nitrogen and oxygen atoms in total. The first-order valence-electron chi connectivity index (χ1n) is 5.08. The molecule has 0 saturated carbocycles. The summed E-state index contributed by atoms with van der Waals surface area (Å²) in [6, 6.07) is 1.33. The summed E-state index contributed by atoms with van der Waals surface area (Å²) in [5.74, 6) is -0.894. The van der Waals surface area contributed by atoms with Crippen LogP contribution in [0.1, 0.15) is 5.56 Å². The maximum absolute atomic E-state index is 13.1. The van der Waals surface area contributed by atoms with Crippen molar-refractivity contribution in [3.63, 3.8) is 0 Å². The van der Waals surface area contributed by atoms with Crippen molar-refractivity contribution in [1.82, 2.24) is 10.3 Å². The van der Waals surface area contributed by atoms with Crippen LogP contribution in [0.15, 0.2) is 24.0 Å². The van der Waals surface area contributed by atoms with Crippen molar-refractivity contribution in [2.75, 3.05) is 13.2 Å². The number of nitrogens with one attached hydrogen (secondary N) is 1. The summed E-state index contributed by atoms with van der Waals surface area (Å²) >= 11 is 5.47. The fraction of sp³-hybridized carbons (Fsp3) is 0.273. The summed E-state index contributed by atoms with van der Waals surface area (Å²) in [6.07, 6.45) is 3.73. The van der Waals surface area contributed by atoms with Crippen molar-refractivity contribution in [1.29, 1.82) is 0 Å². The molecule has 1 aromatic rings. The molecule has 1 aliphatic heterocycles.